The third-order valence-electron chi connectivity index (χ3n) is 8.87. The predicted molar refractivity (Wildman–Crippen MR) is 216 cm³/mol. The molecule has 2 rings (SSSR count). The first-order valence-corrected chi connectivity index (χ1v) is 19.4. The highest BCUT2D eigenvalue weighted by atomic mass is 16.4. The summed E-state index contributed by atoms with van der Waals surface area (Å²) < 4.78 is 0. The number of benzene rings is 2. The summed E-state index contributed by atoms with van der Waals surface area (Å²) in [6.45, 7) is 6.68. The average Bonchev–Trinajstić information content (AvgIpc) is 3.17. The van der Waals surface area contributed by atoms with E-state index in [0.717, 1.165) is 6.92 Å². The van der Waals surface area contributed by atoms with Crippen molar-refractivity contribution in [1.29, 1.82) is 0 Å². The molecule has 0 aliphatic rings. The maximum Gasteiger partial charge on any atom is 0.328 e. The molecule has 7 atom stereocenters. The first-order chi connectivity index (χ1) is 28.6. The van der Waals surface area contributed by atoms with Gasteiger partial charge in [0.05, 0.1) is 25.5 Å². The fourth-order valence-electron chi connectivity index (χ4n) is 5.79. The Morgan fingerprint density at radius 1 is 0.639 bits per heavy atom. The molecule has 21 nitrogen and oxygen atoms in total. The van der Waals surface area contributed by atoms with E-state index in [4.69, 9.17) is 5.73 Å². The normalized spacial score (nSPS) is 14.4. The smallest absolute Gasteiger partial charge is 0.328 e. The number of aliphatic hydroxyl groups is 1. The second kappa shape index (κ2) is 24.5. The van der Waals surface area contributed by atoms with Crippen LogP contribution in [0.3, 0.4) is 0 Å². The van der Waals surface area contributed by atoms with E-state index < -0.39 is 109 Å². The Hall–Kier alpha value is -6.61. The first-order valence-electron chi connectivity index (χ1n) is 19.4. The molecule has 0 spiro atoms. The molecule has 0 fully saturated rings. The summed E-state index contributed by atoms with van der Waals surface area (Å²) in [4.78, 5) is 116. The van der Waals surface area contributed by atoms with Gasteiger partial charge >= 0.3 is 11.9 Å². The summed E-state index contributed by atoms with van der Waals surface area (Å²) in [6, 6.07) is 5.15. The number of carbonyl (C=O) groups excluding carboxylic acids is 7. The molecule has 61 heavy (non-hydrogen) atoms. The van der Waals surface area contributed by atoms with Crippen molar-refractivity contribution >= 4 is 53.3 Å². The molecule has 0 aliphatic carbocycles. The van der Waals surface area contributed by atoms with Crippen LogP contribution in [0.15, 0.2) is 54.6 Å². The molecule has 7 amide bonds. The maximum atomic E-state index is 14.2. The number of aliphatic hydroxyl groups excluding tert-OH is 1. The Bertz CT molecular complexity index is 1860. The van der Waals surface area contributed by atoms with Gasteiger partial charge in [0, 0.05) is 12.8 Å². The van der Waals surface area contributed by atoms with Gasteiger partial charge in [0.15, 0.2) is 6.04 Å². The molecule has 0 heterocycles. The van der Waals surface area contributed by atoms with Crippen molar-refractivity contribution in [2.75, 3.05) is 6.54 Å². The number of amides is 7. The second-order valence-electron chi connectivity index (χ2n) is 14.9. The first kappa shape index (κ1) is 50.5. The standard InChI is InChI=1S/C40H56N8O13/c1-21(2)15-28(45-35(54)23(4)43-34(53)20-42-36(55)29(44-33(52)16-22(3)49)17-25-9-7-6-8-10-25)37(56)46-30(18-26-11-13-27(50)14-12-26)38(57)48(47-24(5)39(58)59)31(40(60)61)19-32(41)51/h6-14,21-24,28-31,47,49-50H,15-20H2,1-5H3,(H2,41,51)(H,42,55)(H,43,53)(H,44,52)(H,45,54)(H,46,56)(H,58,59)(H,60,61)/t22?,23-,24-,28-,29-,30-,31-/m0/s1. The van der Waals surface area contributed by atoms with Gasteiger partial charge in [-0.2, -0.15) is 0 Å². The molecule has 1 unspecified atom stereocenters. The third kappa shape index (κ3) is 18.0. The van der Waals surface area contributed by atoms with Crippen molar-refractivity contribution in [2.24, 2.45) is 11.7 Å². The number of carbonyl (C=O) groups is 9. The zero-order valence-corrected chi connectivity index (χ0v) is 34.5. The van der Waals surface area contributed by atoms with Crippen molar-refractivity contribution in [3.8, 4) is 5.75 Å². The molecule has 0 bridgehead atoms. The molecule has 0 saturated heterocycles. The lowest BCUT2D eigenvalue weighted by atomic mass is 10.00. The van der Waals surface area contributed by atoms with Crippen molar-refractivity contribution in [3.05, 3.63) is 65.7 Å². The Labute approximate surface area is 352 Å². The van der Waals surface area contributed by atoms with Crippen molar-refractivity contribution < 1.29 is 63.6 Å². The monoisotopic (exact) mass is 856 g/mol. The van der Waals surface area contributed by atoms with Gasteiger partial charge in [-0.3, -0.25) is 43.4 Å². The topological polar surface area (TPSA) is 336 Å². The molecular formula is C40H56N8O13. The average molecular weight is 857 g/mol. The Morgan fingerprint density at radius 3 is 1.75 bits per heavy atom. The fourth-order valence-corrected chi connectivity index (χ4v) is 5.79. The number of aromatic hydroxyl groups is 1. The van der Waals surface area contributed by atoms with Crippen molar-refractivity contribution in [3.63, 3.8) is 0 Å². The third-order valence-corrected chi connectivity index (χ3v) is 8.87. The maximum absolute atomic E-state index is 14.2. The summed E-state index contributed by atoms with van der Waals surface area (Å²) in [5, 5.41) is 51.7. The number of carboxylic acid groups (broad SMARTS) is 2. The Kier molecular flexibility index (Phi) is 20.3. The number of nitrogens with zero attached hydrogens (tertiary/aromatic N) is 1. The van der Waals surface area contributed by atoms with Gasteiger partial charge in [-0.25, -0.2) is 10.2 Å². The number of aliphatic carboxylic acids is 2. The van der Waals surface area contributed by atoms with Crippen LogP contribution in [0.2, 0.25) is 0 Å². The number of phenolic OH excluding ortho intramolecular Hbond substituents is 1. The van der Waals surface area contributed by atoms with E-state index in [-0.39, 0.29) is 37.4 Å². The van der Waals surface area contributed by atoms with Crippen LogP contribution in [-0.2, 0) is 56.0 Å². The number of hydrazine groups is 1. The fraction of sp³-hybridized carbons (Fsp3) is 0.475. The van der Waals surface area contributed by atoms with Crippen LogP contribution in [0.5, 0.6) is 5.75 Å². The number of hydrogen-bond donors (Lipinski definition) is 11. The highest BCUT2D eigenvalue weighted by molar-refractivity contribution is 5.96. The van der Waals surface area contributed by atoms with Crippen LogP contribution < -0.4 is 37.7 Å². The van der Waals surface area contributed by atoms with E-state index in [9.17, 15) is 63.6 Å². The molecule has 334 valence electrons. The van der Waals surface area contributed by atoms with E-state index in [1.165, 1.54) is 38.1 Å². The molecule has 21 heteroatoms. The molecule has 2 aromatic carbocycles. The number of nitrogens with two attached hydrogens (primary N) is 1. The summed E-state index contributed by atoms with van der Waals surface area (Å²) >= 11 is 0. The quantitative estimate of drug-likeness (QED) is 0.0492. The van der Waals surface area contributed by atoms with Crippen LogP contribution >= 0.6 is 0 Å². The van der Waals surface area contributed by atoms with Gasteiger partial charge in [-0.1, -0.05) is 56.3 Å². The summed E-state index contributed by atoms with van der Waals surface area (Å²) in [5.41, 5.74) is 8.58. The van der Waals surface area contributed by atoms with Gasteiger partial charge in [0.2, 0.25) is 35.4 Å². The number of nitrogens with one attached hydrogen (secondary N) is 6. The molecular weight excluding hydrogens is 800 g/mol. The van der Waals surface area contributed by atoms with Gasteiger partial charge in [-0.15, -0.1) is 0 Å². The van der Waals surface area contributed by atoms with Gasteiger partial charge < -0.3 is 52.7 Å². The van der Waals surface area contributed by atoms with Gasteiger partial charge in [0.25, 0.3) is 5.91 Å². The zero-order valence-electron chi connectivity index (χ0n) is 34.5. The molecule has 0 aromatic heterocycles. The SMILES string of the molecule is CC(C)C[C@H](NC(=O)[C@H](C)NC(=O)CNC(=O)[C@H](Cc1ccccc1)NC(=O)CC(C)O)C(=O)N[C@@H](Cc1ccc(O)cc1)C(=O)N(N[C@@H](C)C(=O)O)[C@@H](CC(N)=O)C(=O)O. The van der Waals surface area contributed by atoms with Gasteiger partial charge in [-0.05, 0) is 56.4 Å². The van der Waals surface area contributed by atoms with Crippen LogP contribution in [0, 0.1) is 5.92 Å². The molecule has 2 aromatic rings. The molecule has 0 saturated carbocycles. The Morgan fingerprint density at radius 2 is 1.21 bits per heavy atom. The number of rotatable bonds is 25. The second-order valence-corrected chi connectivity index (χ2v) is 14.9. The molecule has 12 N–H and O–H groups in total. The van der Waals surface area contributed by atoms with Crippen molar-refractivity contribution in [1.82, 2.24) is 37.0 Å². The Balaban J connectivity index is 2.29. The summed E-state index contributed by atoms with van der Waals surface area (Å²) in [7, 11) is 0. The van der Waals surface area contributed by atoms with E-state index in [1.807, 2.05) is 0 Å². The minimum absolute atomic E-state index is 0.00453. The number of carboxylic acids is 2. The summed E-state index contributed by atoms with van der Waals surface area (Å²) in [6.07, 6.45) is -2.44. The minimum Gasteiger partial charge on any atom is -0.508 e. The summed E-state index contributed by atoms with van der Waals surface area (Å²) in [5.74, 6) is -9.80. The van der Waals surface area contributed by atoms with Crippen molar-refractivity contribution in [2.45, 2.75) is 109 Å². The van der Waals surface area contributed by atoms with Crippen LogP contribution in [0.25, 0.3) is 0 Å². The van der Waals surface area contributed by atoms with Gasteiger partial charge in [0.1, 0.15) is 36.0 Å². The number of hydrogen-bond acceptors (Lipinski definition) is 12. The van der Waals surface area contributed by atoms with Crippen LogP contribution in [0.1, 0.15) is 65.0 Å². The predicted octanol–water partition coefficient (Wildman–Crippen LogP) is -1.80. The largest absolute Gasteiger partial charge is 0.508 e. The zero-order chi connectivity index (χ0) is 46.0. The highest BCUT2D eigenvalue weighted by Crippen LogP contribution is 2.15. The number of primary amides is 1. The van der Waals surface area contributed by atoms with Crippen LogP contribution in [0.4, 0.5) is 0 Å². The molecule has 0 aliphatic heterocycles. The van der Waals surface area contributed by atoms with E-state index in [0.29, 0.717) is 16.1 Å². The lowest BCUT2D eigenvalue weighted by molar-refractivity contribution is -0.159. The lowest BCUT2D eigenvalue weighted by Gasteiger charge is -2.34. The lowest BCUT2D eigenvalue weighted by Crippen LogP contribution is -2.64. The highest BCUT2D eigenvalue weighted by Gasteiger charge is 2.39. The molecule has 0 radical (unpaired) electrons. The van der Waals surface area contributed by atoms with E-state index in [1.54, 1.807) is 44.2 Å². The minimum atomic E-state index is -2.02. The van der Waals surface area contributed by atoms with E-state index >= 15 is 0 Å². The van der Waals surface area contributed by atoms with E-state index in [2.05, 4.69) is 32.0 Å². The van der Waals surface area contributed by atoms with Crippen LogP contribution in [-0.4, -0.2) is 128 Å². The number of phenols is 1.